The molecule has 0 aliphatic heterocycles. The lowest BCUT2D eigenvalue weighted by molar-refractivity contribution is 0.396. The highest BCUT2D eigenvalue weighted by atomic mass is 35.5. The van der Waals surface area contributed by atoms with Gasteiger partial charge < -0.3 is 14.8 Å². The average Bonchev–Trinajstić information content (AvgIpc) is 2.38. The van der Waals surface area contributed by atoms with E-state index in [1.54, 1.807) is 0 Å². The van der Waals surface area contributed by atoms with Gasteiger partial charge in [-0.1, -0.05) is 18.5 Å². The first-order chi connectivity index (χ1) is 9.43. The first-order valence-corrected chi connectivity index (χ1v) is 8.09. The van der Waals surface area contributed by atoms with E-state index in [2.05, 4.69) is 10.0 Å². The molecule has 0 aliphatic rings. The summed E-state index contributed by atoms with van der Waals surface area (Å²) in [7, 11) is -0.551. The van der Waals surface area contributed by atoms with Gasteiger partial charge in [-0.2, -0.15) is 0 Å². The number of anilines is 1. The van der Waals surface area contributed by atoms with Crippen molar-refractivity contribution in [1.82, 2.24) is 5.32 Å². The van der Waals surface area contributed by atoms with Gasteiger partial charge in [-0.05, 0) is 12.6 Å². The Labute approximate surface area is 124 Å². The van der Waals surface area contributed by atoms with Crippen LogP contribution < -0.4 is 19.5 Å². The molecule has 0 aromatic heterocycles. The number of ether oxygens (including phenoxy) is 2. The average molecular weight is 323 g/mol. The number of nitrogens with one attached hydrogen (secondary N) is 2. The lowest BCUT2D eigenvalue weighted by atomic mass is 10.3. The Morgan fingerprint density at radius 2 is 1.85 bits per heavy atom. The number of hydrogen-bond acceptors (Lipinski definition) is 5. The molecule has 0 radical (unpaired) electrons. The SMILES string of the molecule is CCNCCS(=O)(=O)Nc1cc(Cl)c(OC)cc1OC. The molecule has 1 rings (SSSR count). The fourth-order valence-corrected chi connectivity index (χ4v) is 2.79. The summed E-state index contributed by atoms with van der Waals surface area (Å²) in [6.07, 6.45) is 0. The van der Waals surface area contributed by atoms with Crippen LogP contribution in [-0.2, 0) is 10.0 Å². The zero-order valence-electron chi connectivity index (χ0n) is 11.7. The zero-order chi connectivity index (χ0) is 15.2. The van der Waals surface area contributed by atoms with E-state index in [0.717, 1.165) is 0 Å². The summed E-state index contributed by atoms with van der Waals surface area (Å²) < 4.78 is 36.5. The van der Waals surface area contributed by atoms with Crippen LogP contribution in [0.4, 0.5) is 5.69 Å². The molecule has 0 amide bonds. The van der Waals surface area contributed by atoms with E-state index in [4.69, 9.17) is 21.1 Å². The van der Waals surface area contributed by atoms with Crippen LogP contribution in [0.3, 0.4) is 0 Å². The van der Waals surface area contributed by atoms with Gasteiger partial charge in [-0.25, -0.2) is 8.42 Å². The van der Waals surface area contributed by atoms with Crippen molar-refractivity contribution < 1.29 is 17.9 Å². The van der Waals surface area contributed by atoms with Gasteiger partial charge in [0.05, 0.1) is 30.7 Å². The van der Waals surface area contributed by atoms with E-state index in [1.807, 2.05) is 6.92 Å². The predicted octanol–water partition coefficient (Wildman–Crippen LogP) is 1.71. The number of benzene rings is 1. The van der Waals surface area contributed by atoms with Gasteiger partial charge in [0.25, 0.3) is 0 Å². The quantitative estimate of drug-likeness (QED) is 0.713. The molecular weight excluding hydrogens is 304 g/mol. The molecule has 2 N–H and O–H groups in total. The molecule has 0 bridgehead atoms. The molecule has 0 atom stereocenters. The third-order valence-electron chi connectivity index (χ3n) is 2.54. The van der Waals surface area contributed by atoms with Crippen LogP contribution in [0.2, 0.25) is 5.02 Å². The summed E-state index contributed by atoms with van der Waals surface area (Å²) in [6.45, 7) is 3.00. The van der Waals surface area contributed by atoms with Crippen LogP contribution in [0.25, 0.3) is 0 Å². The first kappa shape index (κ1) is 16.9. The van der Waals surface area contributed by atoms with E-state index in [0.29, 0.717) is 29.6 Å². The lowest BCUT2D eigenvalue weighted by Gasteiger charge is -2.14. The standard InChI is InChI=1S/C12H19ClN2O4S/c1-4-14-5-6-20(16,17)15-10-7-9(13)11(18-2)8-12(10)19-3/h7-8,14-15H,4-6H2,1-3H3. The largest absolute Gasteiger partial charge is 0.495 e. The third kappa shape index (κ3) is 4.73. The van der Waals surface area contributed by atoms with Crippen molar-refractivity contribution in [2.45, 2.75) is 6.92 Å². The molecule has 0 saturated heterocycles. The Balaban J connectivity index is 2.93. The highest BCUT2D eigenvalue weighted by molar-refractivity contribution is 7.92. The zero-order valence-corrected chi connectivity index (χ0v) is 13.3. The van der Waals surface area contributed by atoms with Crippen LogP contribution in [0.1, 0.15) is 6.92 Å². The maximum atomic E-state index is 11.9. The van der Waals surface area contributed by atoms with E-state index in [9.17, 15) is 8.42 Å². The maximum absolute atomic E-state index is 11.9. The summed E-state index contributed by atoms with van der Waals surface area (Å²) in [5.74, 6) is 0.727. The van der Waals surface area contributed by atoms with Crippen molar-refractivity contribution in [1.29, 1.82) is 0 Å². The van der Waals surface area contributed by atoms with E-state index < -0.39 is 10.0 Å². The fraction of sp³-hybridized carbons (Fsp3) is 0.500. The smallest absolute Gasteiger partial charge is 0.234 e. The molecule has 6 nitrogen and oxygen atoms in total. The van der Waals surface area contributed by atoms with Crippen LogP contribution in [0.15, 0.2) is 12.1 Å². The Bertz CT molecular complexity index is 549. The minimum Gasteiger partial charge on any atom is -0.495 e. The molecule has 0 spiro atoms. The number of sulfonamides is 1. The molecule has 1 aromatic rings. The Kier molecular flexibility index (Phi) is 6.38. The number of methoxy groups -OCH3 is 2. The van der Waals surface area contributed by atoms with Crippen molar-refractivity contribution in [2.24, 2.45) is 0 Å². The summed E-state index contributed by atoms with van der Waals surface area (Å²) in [6, 6.07) is 2.99. The van der Waals surface area contributed by atoms with Gasteiger partial charge in [0.2, 0.25) is 10.0 Å². The van der Waals surface area contributed by atoms with Gasteiger partial charge >= 0.3 is 0 Å². The molecule has 8 heteroatoms. The molecule has 0 heterocycles. The fourth-order valence-electron chi connectivity index (χ4n) is 1.54. The number of rotatable bonds is 8. The van der Waals surface area contributed by atoms with Crippen molar-refractivity contribution >= 4 is 27.3 Å². The molecule has 1 aromatic carbocycles. The van der Waals surface area contributed by atoms with Gasteiger partial charge in [0.1, 0.15) is 11.5 Å². The maximum Gasteiger partial charge on any atom is 0.234 e. The molecule has 0 unspecified atom stereocenters. The highest BCUT2D eigenvalue weighted by Gasteiger charge is 2.16. The second-order valence-electron chi connectivity index (χ2n) is 3.96. The van der Waals surface area contributed by atoms with Crippen LogP contribution in [0, 0.1) is 0 Å². The Hall–Kier alpha value is -1.18. The summed E-state index contributed by atoms with van der Waals surface area (Å²) in [4.78, 5) is 0. The minimum atomic E-state index is -3.47. The second-order valence-corrected chi connectivity index (χ2v) is 6.21. The molecule has 114 valence electrons. The first-order valence-electron chi connectivity index (χ1n) is 6.06. The molecule has 0 fully saturated rings. The number of halogens is 1. The van der Waals surface area contributed by atoms with E-state index in [-0.39, 0.29) is 11.4 Å². The molecule has 20 heavy (non-hydrogen) atoms. The van der Waals surface area contributed by atoms with Gasteiger partial charge in [-0.15, -0.1) is 0 Å². The van der Waals surface area contributed by atoms with Crippen molar-refractivity contribution in [2.75, 3.05) is 37.8 Å². The summed E-state index contributed by atoms with van der Waals surface area (Å²) in [5, 5.41) is 3.26. The van der Waals surface area contributed by atoms with Gasteiger partial charge in [0, 0.05) is 12.6 Å². The second kappa shape index (κ2) is 7.56. The minimum absolute atomic E-state index is 0.0341. The highest BCUT2D eigenvalue weighted by Crippen LogP contribution is 2.36. The Morgan fingerprint density at radius 1 is 1.20 bits per heavy atom. The third-order valence-corrected chi connectivity index (χ3v) is 4.10. The predicted molar refractivity (Wildman–Crippen MR) is 80.5 cm³/mol. The summed E-state index contributed by atoms with van der Waals surface area (Å²) in [5.41, 5.74) is 0.287. The van der Waals surface area contributed by atoms with Crippen molar-refractivity contribution in [3.63, 3.8) is 0 Å². The summed E-state index contributed by atoms with van der Waals surface area (Å²) >= 11 is 5.99. The van der Waals surface area contributed by atoms with Gasteiger partial charge in [-0.3, -0.25) is 4.72 Å². The van der Waals surface area contributed by atoms with Gasteiger partial charge in [0.15, 0.2) is 0 Å². The normalized spacial score (nSPS) is 11.2. The number of hydrogen-bond donors (Lipinski definition) is 2. The Morgan fingerprint density at radius 3 is 2.40 bits per heavy atom. The van der Waals surface area contributed by atoms with E-state index in [1.165, 1.54) is 26.4 Å². The van der Waals surface area contributed by atoms with Crippen LogP contribution in [-0.4, -0.2) is 41.5 Å². The molecule has 0 saturated carbocycles. The van der Waals surface area contributed by atoms with E-state index >= 15 is 0 Å². The van der Waals surface area contributed by atoms with Crippen molar-refractivity contribution in [3.8, 4) is 11.5 Å². The topological polar surface area (TPSA) is 76.7 Å². The molecular formula is C12H19ClN2O4S. The van der Waals surface area contributed by atoms with Crippen LogP contribution in [0.5, 0.6) is 11.5 Å². The van der Waals surface area contributed by atoms with Crippen LogP contribution >= 0.6 is 11.6 Å². The van der Waals surface area contributed by atoms with Crippen molar-refractivity contribution in [3.05, 3.63) is 17.2 Å². The lowest BCUT2D eigenvalue weighted by Crippen LogP contribution is -2.26. The monoisotopic (exact) mass is 322 g/mol. The molecule has 0 aliphatic carbocycles.